The van der Waals surface area contributed by atoms with E-state index < -0.39 is 6.03 Å². The van der Waals surface area contributed by atoms with Gasteiger partial charge in [-0.15, -0.1) is 5.10 Å². The number of fused-ring (bicyclic) bond motifs is 1. The van der Waals surface area contributed by atoms with Crippen LogP contribution in [0.15, 0.2) is 18.2 Å². The topological polar surface area (TPSA) is 80.9 Å². The molecule has 5 nitrogen and oxygen atoms in total. The van der Waals surface area contributed by atoms with Crippen LogP contribution in [0.2, 0.25) is 0 Å². The molecule has 1 heterocycles. The molecule has 0 aliphatic rings. The SMILES string of the molecule is NC(=O)Nc1ccc2nnsc2c1. The summed E-state index contributed by atoms with van der Waals surface area (Å²) in [5.74, 6) is 0. The van der Waals surface area contributed by atoms with Crippen LogP contribution in [-0.2, 0) is 0 Å². The lowest BCUT2D eigenvalue weighted by Crippen LogP contribution is -2.19. The van der Waals surface area contributed by atoms with E-state index in [1.807, 2.05) is 0 Å². The molecule has 0 spiro atoms. The van der Waals surface area contributed by atoms with E-state index in [1.54, 1.807) is 18.2 Å². The van der Waals surface area contributed by atoms with E-state index in [-0.39, 0.29) is 0 Å². The predicted molar refractivity (Wildman–Crippen MR) is 50.6 cm³/mol. The highest BCUT2D eigenvalue weighted by Crippen LogP contribution is 2.19. The quantitative estimate of drug-likeness (QED) is 0.715. The fourth-order valence-electron chi connectivity index (χ4n) is 0.998. The first-order chi connectivity index (χ1) is 6.25. The first kappa shape index (κ1) is 7.93. The maximum Gasteiger partial charge on any atom is 0.316 e. The van der Waals surface area contributed by atoms with Crippen molar-refractivity contribution in [2.24, 2.45) is 5.73 Å². The molecule has 0 unspecified atom stereocenters. The average molecular weight is 194 g/mol. The lowest BCUT2D eigenvalue weighted by molar-refractivity contribution is 0.259. The molecule has 0 saturated carbocycles. The van der Waals surface area contributed by atoms with Crippen molar-refractivity contribution in [1.29, 1.82) is 0 Å². The van der Waals surface area contributed by atoms with Gasteiger partial charge < -0.3 is 11.1 Å². The zero-order chi connectivity index (χ0) is 9.26. The largest absolute Gasteiger partial charge is 0.351 e. The number of rotatable bonds is 1. The van der Waals surface area contributed by atoms with Gasteiger partial charge in [-0.1, -0.05) is 4.49 Å². The Bertz CT molecular complexity index is 452. The first-order valence-corrected chi connectivity index (χ1v) is 4.31. The molecule has 6 heteroatoms. The maximum absolute atomic E-state index is 10.5. The third kappa shape index (κ3) is 1.57. The second-order valence-electron chi connectivity index (χ2n) is 2.44. The van der Waals surface area contributed by atoms with Crippen LogP contribution in [0.4, 0.5) is 10.5 Å². The Hall–Kier alpha value is -1.69. The zero-order valence-electron chi connectivity index (χ0n) is 6.52. The van der Waals surface area contributed by atoms with Gasteiger partial charge in [0.1, 0.15) is 5.52 Å². The molecule has 0 radical (unpaired) electrons. The molecule has 0 bridgehead atoms. The van der Waals surface area contributed by atoms with Crippen LogP contribution in [0.25, 0.3) is 10.2 Å². The Morgan fingerprint density at radius 1 is 1.54 bits per heavy atom. The lowest BCUT2D eigenvalue weighted by Gasteiger charge is -1.99. The number of nitrogens with zero attached hydrogens (tertiary/aromatic N) is 2. The number of nitrogens with two attached hydrogens (primary N) is 1. The zero-order valence-corrected chi connectivity index (χ0v) is 7.34. The van der Waals surface area contributed by atoms with E-state index in [9.17, 15) is 4.79 Å². The van der Waals surface area contributed by atoms with E-state index in [1.165, 1.54) is 11.5 Å². The van der Waals surface area contributed by atoms with Gasteiger partial charge in [0.2, 0.25) is 0 Å². The smallest absolute Gasteiger partial charge is 0.316 e. The number of hydrogen-bond acceptors (Lipinski definition) is 4. The molecule has 1 aromatic heterocycles. The highest BCUT2D eigenvalue weighted by Gasteiger charge is 2.00. The summed E-state index contributed by atoms with van der Waals surface area (Å²) >= 11 is 1.28. The Kier molecular flexibility index (Phi) is 1.82. The van der Waals surface area contributed by atoms with Crippen LogP contribution < -0.4 is 11.1 Å². The maximum atomic E-state index is 10.5. The van der Waals surface area contributed by atoms with Crippen LogP contribution in [-0.4, -0.2) is 15.6 Å². The number of hydrogen-bond donors (Lipinski definition) is 2. The summed E-state index contributed by atoms with van der Waals surface area (Å²) in [5, 5.41) is 6.34. The number of amides is 2. The van der Waals surface area contributed by atoms with Gasteiger partial charge in [-0.3, -0.25) is 0 Å². The van der Waals surface area contributed by atoms with Crippen LogP contribution in [0.3, 0.4) is 0 Å². The van der Waals surface area contributed by atoms with Gasteiger partial charge in [-0.25, -0.2) is 4.79 Å². The summed E-state index contributed by atoms with van der Waals surface area (Å²) in [5.41, 5.74) is 6.44. The van der Waals surface area contributed by atoms with Crippen molar-refractivity contribution in [3.8, 4) is 0 Å². The van der Waals surface area contributed by atoms with Crippen LogP contribution in [0.1, 0.15) is 0 Å². The van der Waals surface area contributed by atoms with Crippen molar-refractivity contribution in [3.05, 3.63) is 18.2 Å². The highest BCUT2D eigenvalue weighted by molar-refractivity contribution is 7.12. The molecule has 13 heavy (non-hydrogen) atoms. The van der Waals surface area contributed by atoms with E-state index in [2.05, 4.69) is 14.9 Å². The lowest BCUT2D eigenvalue weighted by atomic mass is 10.3. The standard InChI is InChI=1S/C7H6N4OS/c8-7(12)9-4-1-2-5-6(3-4)13-11-10-5/h1-3H,(H3,8,9,12). The van der Waals surface area contributed by atoms with Crippen LogP contribution in [0.5, 0.6) is 0 Å². The van der Waals surface area contributed by atoms with Crippen molar-refractivity contribution >= 4 is 33.5 Å². The predicted octanol–water partition coefficient (Wildman–Crippen LogP) is 1.18. The summed E-state index contributed by atoms with van der Waals surface area (Å²) in [6, 6.07) is 4.72. The fourth-order valence-corrected chi connectivity index (χ4v) is 1.60. The molecule has 66 valence electrons. The number of primary amides is 1. The summed E-state index contributed by atoms with van der Waals surface area (Å²) in [6.07, 6.45) is 0. The van der Waals surface area contributed by atoms with Crippen molar-refractivity contribution < 1.29 is 4.79 Å². The van der Waals surface area contributed by atoms with Crippen molar-refractivity contribution in [2.75, 3.05) is 5.32 Å². The van der Waals surface area contributed by atoms with Gasteiger partial charge in [0.15, 0.2) is 0 Å². The number of carbonyl (C=O) groups is 1. The Morgan fingerprint density at radius 2 is 2.38 bits per heavy atom. The molecule has 0 aliphatic heterocycles. The molecule has 2 rings (SSSR count). The minimum atomic E-state index is -0.572. The van der Waals surface area contributed by atoms with Gasteiger partial charge in [0.05, 0.1) is 4.70 Å². The van der Waals surface area contributed by atoms with E-state index >= 15 is 0 Å². The van der Waals surface area contributed by atoms with Gasteiger partial charge in [-0.2, -0.15) is 0 Å². The molecule has 3 N–H and O–H groups in total. The monoisotopic (exact) mass is 194 g/mol. The van der Waals surface area contributed by atoms with E-state index in [0.29, 0.717) is 5.69 Å². The Balaban J connectivity index is 2.42. The molecule has 0 saturated heterocycles. The van der Waals surface area contributed by atoms with Gasteiger partial charge in [0.25, 0.3) is 0 Å². The minimum absolute atomic E-state index is 0.572. The number of nitrogens with one attached hydrogen (secondary N) is 1. The second-order valence-corrected chi connectivity index (χ2v) is 3.23. The summed E-state index contributed by atoms with van der Waals surface area (Å²) < 4.78 is 4.69. The van der Waals surface area contributed by atoms with Crippen molar-refractivity contribution in [2.45, 2.75) is 0 Å². The number of carbonyl (C=O) groups excluding carboxylic acids is 1. The summed E-state index contributed by atoms with van der Waals surface area (Å²) in [6.45, 7) is 0. The van der Waals surface area contributed by atoms with E-state index in [4.69, 9.17) is 5.73 Å². The third-order valence-electron chi connectivity index (χ3n) is 1.52. The third-order valence-corrected chi connectivity index (χ3v) is 2.20. The molecular formula is C7H6N4OS. The minimum Gasteiger partial charge on any atom is -0.351 e. The summed E-state index contributed by atoms with van der Waals surface area (Å²) in [4.78, 5) is 10.5. The highest BCUT2D eigenvalue weighted by atomic mass is 32.1. The van der Waals surface area contributed by atoms with Crippen molar-refractivity contribution in [3.63, 3.8) is 0 Å². The fraction of sp³-hybridized carbons (Fsp3) is 0. The first-order valence-electron chi connectivity index (χ1n) is 3.54. The molecule has 0 atom stereocenters. The van der Waals surface area contributed by atoms with Gasteiger partial charge in [0, 0.05) is 5.69 Å². The Morgan fingerprint density at radius 3 is 3.15 bits per heavy atom. The number of anilines is 1. The second kappa shape index (κ2) is 2.98. The number of urea groups is 1. The molecule has 1 aromatic carbocycles. The number of benzene rings is 1. The van der Waals surface area contributed by atoms with Crippen LogP contribution >= 0.6 is 11.5 Å². The summed E-state index contributed by atoms with van der Waals surface area (Å²) in [7, 11) is 0. The van der Waals surface area contributed by atoms with E-state index in [0.717, 1.165) is 10.2 Å². The Labute approximate surface area is 77.7 Å². The van der Waals surface area contributed by atoms with Gasteiger partial charge >= 0.3 is 6.03 Å². The van der Waals surface area contributed by atoms with Crippen LogP contribution in [0, 0.1) is 0 Å². The normalized spacial score (nSPS) is 10.2. The molecular weight excluding hydrogens is 188 g/mol. The molecule has 0 fully saturated rings. The molecule has 2 amide bonds. The molecule has 0 aliphatic carbocycles. The number of aromatic nitrogens is 2. The average Bonchev–Trinajstić information content (AvgIpc) is 2.49. The molecule has 2 aromatic rings. The van der Waals surface area contributed by atoms with Crippen molar-refractivity contribution in [1.82, 2.24) is 9.59 Å². The van der Waals surface area contributed by atoms with Gasteiger partial charge in [-0.05, 0) is 29.7 Å².